The van der Waals surface area contributed by atoms with Gasteiger partial charge in [0.05, 0.1) is 6.04 Å². The van der Waals surface area contributed by atoms with Gasteiger partial charge in [-0.3, -0.25) is 9.69 Å². The maximum Gasteiger partial charge on any atom is 0.234 e. The van der Waals surface area contributed by atoms with E-state index in [1.165, 1.54) is 0 Å². The van der Waals surface area contributed by atoms with E-state index < -0.39 is 0 Å². The van der Waals surface area contributed by atoms with Crippen molar-refractivity contribution in [2.75, 3.05) is 13.2 Å². The number of hydrogen-bond donors (Lipinski definition) is 2. The first-order chi connectivity index (χ1) is 9.20. The lowest BCUT2D eigenvalue weighted by Crippen LogP contribution is -2.39. The third kappa shape index (κ3) is 3.57. The van der Waals surface area contributed by atoms with E-state index in [4.69, 9.17) is 10.8 Å². The molecular formula is C15H18N2O2. The van der Waals surface area contributed by atoms with Gasteiger partial charge >= 0.3 is 0 Å². The molecule has 1 amide bonds. The SMILES string of the molecule is NC(=O)C1CCCN1Cc1cccc(C#CCO)c1. The van der Waals surface area contributed by atoms with Crippen LogP contribution >= 0.6 is 0 Å². The predicted molar refractivity (Wildman–Crippen MR) is 73.0 cm³/mol. The molecule has 1 aliphatic heterocycles. The average molecular weight is 258 g/mol. The van der Waals surface area contributed by atoms with Crippen LogP contribution in [0.15, 0.2) is 24.3 Å². The number of aliphatic hydroxyl groups is 1. The predicted octanol–water partition coefficient (Wildman–Crippen LogP) is 0.480. The van der Waals surface area contributed by atoms with Crippen LogP contribution < -0.4 is 5.73 Å². The molecule has 0 radical (unpaired) electrons. The number of carbonyl (C=O) groups is 1. The van der Waals surface area contributed by atoms with Crippen molar-refractivity contribution in [3.05, 3.63) is 35.4 Å². The van der Waals surface area contributed by atoms with Crippen LogP contribution in [0.3, 0.4) is 0 Å². The van der Waals surface area contributed by atoms with Gasteiger partial charge in [-0.15, -0.1) is 0 Å². The Bertz CT molecular complexity index is 516. The fourth-order valence-electron chi connectivity index (χ4n) is 2.46. The Balaban J connectivity index is 2.08. The van der Waals surface area contributed by atoms with Crippen molar-refractivity contribution < 1.29 is 9.90 Å². The van der Waals surface area contributed by atoms with Crippen molar-refractivity contribution >= 4 is 5.91 Å². The molecule has 1 saturated heterocycles. The molecule has 1 atom stereocenters. The van der Waals surface area contributed by atoms with Crippen molar-refractivity contribution in [2.45, 2.75) is 25.4 Å². The molecule has 0 spiro atoms. The van der Waals surface area contributed by atoms with Gasteiger partial charge in [0.25, 0.3) is 0 Å². The zero-order valence-corrected chi connectivity index (χ0v) is 10.8. The minimum Gasteiger partial charge on any atom is -0.384 e. The molecule has 4 heteroatoms. The molecule has 1 aromatic carbocycles. The number of likely N-dealkylation sites (tertiary alicyclic amines) is 1. The lowest BCUT2D eigenvalue weighted by atomic mass is 10.1. The molecule has 1 aromatic rings. The Kier molecular flexibility index (Phi) is 4.56. The molecule has 2 rings (SSSR count). The highest BCUT2D eigenvalue weighted by Gasteiger charge is 2.28. The van der Waals surface area contributed by atoms with Crippen molar-refractivity contribution in [1.29, 1.82) is 0 Å². The number of nitrogens with zero attached hydrogens (tertiary/aromatic N) is 1. The monoisotopic (exact) mass is 258 g/mol. The standard InChI is InChI=1S/C15H18N2O2/c16-15(19)14-7-2-8-17(14)11-13-5-1-4-12(10-13)6-3-9-18/h1,4-5,10,14,18H,2,7-9,11H2,(H2,16,19). The van der Waals surface area contributed by atoms with Crippen LogP contribution in [0.5, 0.6) is 0 Å². The fraction of sp³-hybridized carbons (Fsp3) is 0.400. The molecule has 0 aromatic heterocycles. The summed E-state index contributed by atoms with van der Waals surface area (Å²) in [7, 11) is 0. The first-order valence-corrected chi connectivity index (χ1v) is 6.43. The topological polar surface area (TPSA) is 66.6 Å². The highest BCUT2D eigenvalue weighted by atomic mass is 16.2. The number of benzene rings is 1. The molecule has 1 aliphatic rings. The second-order valence-corrected chi connectivity index (χ2v) is 4.69. The van der Waals surface area contributed by atoms with E-state index in [2.05, 4.69) is 16.7 Å². The Morgan fingerprint density at radius 2 is 2.37 bits per heavy atom. The Morgan fingerprint density at radius 3 is 3.11 bits per heavy atom. The zero-order valence-electron chi connectivity index (χ0n) is 10.8. The molecule has 4 nitrogen and oxygen atoms in total. The Labute approximate surface area is 113 Å². The zero-order chi connectivity index (χ0) is 13.7. The lowest BCUT2D eigenvalue weighted by Gasteiger charge is -2.21. The van der Waals surface area contributed by atoms with Crippen LogP contribution in [0.25, 0.3) is 0 Å². The number of carbonyl (C=O) groups excluding carboxylic acids is 1. The van der Waals surface area contributed by atoms with E-state index in [9.17, 15) is 4.79 Å². The minimum absolute atomic E-state index is 0.139. The summed E-state index contributed by atoms with van der Waals surface area (Å²) >= 11 is 0. The summed E-state index contributed by atoms with van der Waals surface area (Å²) < 4.78 is 0. The van der Waals surface area contributed by atoms with E-state index in [1.807, 2.05) is 24.3 Å². The summed E-state index contributed by atoms with van der Waals surface area (Å²) in [6, 6.07) is 7.69. The van der Waals surface area contributed by atoms with E-state index >= 15 is 0 Å². The van der Waals surface area contributed by atoms with E-state index in [0.29, 0.717) is 6.54 Å². The van der Waals surface area contributed by atoms with Gasteiger partial charge in [0.2, 0.25) is 5.91 Å². The van der Waals surface area contributed by atoms with Crippen LogP contribution in [0.1, 0.15) is 24.0 Å². The highest BCUT2D eigenvalue weighted by Crippen LogP contribution is 2.20. The van der Waals surface area contributed by atoms with E-state index in [1.54, 1.807) is 0 Å². The van der Waals surface area contributed by atoms with Gasteiger partial charge in [-0.2, -0.15) is 0 Å². The van der Waals surface area contributed by atoms with Crippen molar-refractivity contribution in [3.8, 4) is 11.8 Å². The van der Waals surface area contributed by atoms with E-state index in [-0.39, 0.29) is 18.6 Å². The van der Waals surface area contributed by atoms with Gasteiger partial charge in [0.1, 0.15) is 6.61 Å². The normalized spacial score (nSPS) is 18.9. The Morgan fingerprint density at radius 1 is 1.53 bits per heavy atom. The summed E-state index contributed by atoms with van der Waals surface area (Å²) in [6.45, 7) is 1.47. The number of primary amides is 1. The molecule has 3 N–H and O–H groups in total. The summed E-state index contributed by atoms with van der Waals surface area (Å²) in [4.78, 5) is 13.5. The smallest absolute Gasteiger partial charge is 0.234 e. The molecule has 100 valence electrons. The van der Waals surface area contributed by atoms with Gasteiger partial charge in [-0.25, -0.2) is 0 Å². The minimum atomic E-state index is -0.242. The summed E-state index contributed by atoms with van der Waals surface area (Å²) in [5.41, 5.74) is 7.39. The molecule has 0 saturated carbocycles. The quantitative estimate of drug-likeness (QED) is 0.775. The van der Waals surface area contributed by atoms with Crippen LogP contribution in [-0.4, -0.2) is 35.1 Å². The fourth-order valence-corrected chi connectivity index (χ4v) is 2.46. The highest BCUT2D eigenvalue weighted by molar-refractivity contribution is 5.80. The van der Waals surface area contributed by atoms with Crippen molar-refractivity contribution in [2.24, 2.45) is 5.73 Å². The van der Waals surface area contributed by atoms with Gasteiger partial charge in [-0.05, 0) is 37.1 Å². The van der Waals surface area contributed by atoms with E-state index in [0.717, 1.165) is 30.5 Å². The summed E-state index contributed by atoms with van der Waals surface area (Å²) in [6.07, 6.45) is 1.86. The van der Waals surface area contributed by atoms with Crippen molar-refractivity contribution in [1.82, 2.24) is 4.90 Å². The van der Waals surface area contributed by atoms with Crippen LogP contribution in [-0.2, 0) is 11.3 Å². The van der Waals surface area contributed by atoms with Crippen molar-refractivity contribution in [3.63, 3.8) is 0 Å². The third-order valence-corrected chi connectivity index (χ3v) is 3.32. The first kappa shape index (κ1) is 13.6. The summed E-state index contributed by atoms with van der Waals surface area (Å²) in [5, 5.41) is 8.69. The third-order valence-electron chi connectivity index (χ3n) is 3.32. The number of amides is 1. The largest absolute Gasteiger partial charge is 0.384 e. The van der Waals surface area contributed by atoms with Gasteiger partial charge in [-0.1, -0.05) is 24.0 Å². The number of hydrogen-bond acceptors (Lipinski definition) is 3. The van der Waals surface area contributed by atoms with Gasteiger partial charge in [0, 0.05) is 12.1 Å². The van der Waals surface area contributed by atoms with Gasteiger partial charge < -0.3 is 10.8 Å². The number of rotatable bonds is 3. The van der Waals surface area contributed by atoms with Crippen LogP contribution in [0, 0.1) is 11.8 Å². The molecule has 0 aliphatic carbocycles. The molecule has 1 fully saturated rings. The average Bonchev–Trinajstić information content (AvgIpc) is 2.85. The molecular weight excluding hydrogens is 240 g/mol. The number of aliphatic hydroxyl groups excluding tert-OH is 1. The maximum atomic E-state index is 11.3. The molecule has 1 unspecified atom stereocenters. The Hall–Kier alpha value is -1.83. The molecule has 0 bridgehead atoms. The molecule has 1 heterocycles. The van der Waals surface area contributed by atoms with Gasteiger partial charge in [0.15, 0.2) is 0 Å². The van der Waals surface area contributed by atoms with Crippen LogP contribution in [0.2, 0.25) is 0 Å². The number of nitrogens with two attached hydrogens (primary N) is 1. The second kappa shape index (κ2) is 6.37. The summed E-state index contributed by atoms with van der Waals surface area (Å²) in [5.74, 6) is 5.27. The maximum absolute atomic E-state index is 11.3. The molecule has 19 heavy (non-hydrogen) atoms. The van der Waals surface area contributed by atoms with Crippen LogP contribution in [0.4, 0.5) is 0 Å². The first-order valence-electron chi connectivity index (χ1n) is 6.43. The second-order valence-electron chi connectivity index (χ2n) is 4.69. The lowest BCUT2D eigenvalue weighted by molar-refractivity contribution is -0.122.